The van der Waals surface area contributed by atoms with E-state index in [1.807, 2.05) is 18.2 Å². The fourth-order valence-electron chi connectivity index (χ4n) is 4.48. The topological polar surface area (TPSA) is 63.7 Å². The zero-order chi connectivity index (χ0) is 16.2. The fourth-order valence-corrected chi connectivity index (χ4v) is 4.48. The smallest absolute Gasteiger partial charge is 0.322 e. The number of hydrogen-bond acceptors (Lipinski definition) is 4. The van der Waals surface area contributed by atoms with E-state index in [0.29, 0.717) is 6.54 Å². The van der Waals surface area contributed by atoms with Gasteiger partial charge in [-0.25, -0.2) is 0 Å². The van der Waals surface area contributed by atoms with Gasteiger partial charge in [0.2, 0.25) is 5.91 Å². The highest BCUT2D eigenvalue weighted by Crippen LogP contribution is 2.57. The Morgan fingerprint density at radius 2 is 2.22 bits per heavy atom. The Labute approximate surface area is 134 Å². The second-order valence-electron chi connectivity index (χ2n) is 6.58. The van der Waals surface area contributed by atoms with Crippen LogP contribution in [0, 0.1) is 5.41 Å². The number of esters is 1. The van der Waals surface area contributed by atoms with E-state index in [1.165, 1.54) is 0 Å². The van der Waals surface area contributed by atoms with Crippen molar-refractivity contribution in [3.63, 3.8) is 0 Å². The Morgan fingerprint density at radius 1 is 1.39 bits per heavy atom. The van der Waals surface area contributed by atoms with Gasteiger partial charge < -0.3 is 9.64 Å². The van der Waals surface area contributed by atoms with E-state index < -0.39 is 11.4 Å². The van der Waals surface area contributed by atoms with Gasteiger partial charge in [-0.05, 0) is 30.9 Å². The summed E-state index contributed by atoms with van der Waals surface area (Å²) in [5.74, 6) is -1.20. The molecule has 0 spiro atoms. The van der Waals surface area contributed by atoms with Gasteiger partial charge in [-0.15, -0.1) is 0 Å². The predicted molar refractivity (Wildman–Crippen MR) is 83.2 cm³/mol. The highest BCUT2D eigenvalue weighted by Gasteiger charge is 2.64. The molecule has 0 aromatic heterocycles. The number of carbonyl (C=O) groups is 3. The van der Waals surface area contributed by atoms with Crippen LogP contribution in [0.2, 0.25) is 0 Å². The Hall–Kier alpha value is -2.17. The normalized spacial score (nSPS) is 28.4. The monoisotopic (exact) mass is 313 g/mol. The first kappa shape index (κ1) is 14.4. The first-order chi connectivity index (χ1) is 11.1. The zero-order valence-electron chi connectivity index (χ0n) is 13.1. The van der Waals surface area contributed by atoms with E-state index in [0.717, 1.165) is 29.7 Å². The van der Waals surface area contributed by atoms with Crippen LogP contribution in [-0.4, -0.2) is 30.8 Å². The Balaban J connectivity index is 1.95. The lowest BCUT2D eigenvalue weighted by molar-refractivity contribution is -0.162. The van der Waals surface area contributed by atoms with Crippen LogP contribution >= 0.6 is 0 Å². The molecule has 23 heavy (non-hydrogen) atoms. The molecule has 0 bridgehead atoms. The van der Waals surface area contributed by atoms with Crippen LogP contribution < -0.4 is 4.90 Å². The molecule has 2 heterocycles. The Bertz CT molecular complexity index is 726. The van der Waals surface area contributed by atoms with Gasteiger partial charge in [0, 0.05) is 25.3 Å². The van der Waals surface area contributed by atoms with Crippen LogP contribution in [0.15, 0.2) is 18.2 Å². The molecule has 1 saturated carbocycles. The minimum Gasteiger partial charge on any atom is -0.465 e. The van der Waals surface area contributed by atoms with Crippen molar-refractivity contribution in [3.8, 4) is 0 Å². The predicted octanol–water partition coefficient (Wildman–Crippen LogP) is 1.98. The maximum absolute atomic E-state index is 13.2. The van der Waals surface area contributed by atoms with Crippen molar-refractivity contribution in [2.24, 2.45) is 5.41 Å². The number of ketones is 1. The summed E-state index contributed by atoms with van der Waals surface area (Å²) in [4.78, 5) is 39.9. The number of ether oxygens (including phenoxy) is 1. The number of fused-ring (bicyclic) bond motifs is 2. The molecule has 2 atom stereocenters. The van der Waals surface area contributed by atoms with Crippen LogP contribution in [0.3, 0.4) is 0 Å². The SMILES string of the molecule is CCOC(=O)[C@@]12CC(=O)C[C@@H]1c1cccc3c1N(CCC3)C2=O. The van der Waals surface area contributed by atoms with Crippen molar-refractivity contribution in [2.45, 2.75) is 38.5 Å². The number of amides is 1. The third-order valence-electron chi connectivity index (χ3n) is 5.39. The summed E-state index contributed by atoms with van der Waals surface area (Å²) < 4.78 is 5.22. The number of carbonyl (C=O) groups excluding carboxylic acids is 3. The molecule has 1 fully saturated rings. The summed E-state index contributed by atoms with van der Waals surface area (Å²) >= 11 is 0. The van der Waals surface area contributed by atoms with Crippen molar-refractivity contribution < 1.29 is 19.1 Å². The van der Waals surface area contributed by atoms with Gasteiger partial charge in [0.05, 0.1) is 12.3 Å². The number of hydrogen-bond donors (Lipinski definition) is 0. The quantitative estimate of drug-likeness (QED) is 0.618. The summed E-state index contributed by atoms with van der Waals surface area (Å²) in [5, 5.41) is 0. The summed E-state index contributed by atoms with van der Waals surface area (Å²) in [5.41, 5.74) is 1.68. The lowest BCUT2D eigenvalue weighted by atomic mass is 9.68. The lowest BCUT2D eigenvalue weighted by Gasteiger charge is -2.45. The number of aryl methyl sites for hydroxylation is 1. The van der Waals surface area contributed by atoms with E-state index >= 15 is 0 Å². The molecular formula is C18H19NO4. The summed E-state index contributed by atoms with van der Waals surface area (Å²) in [6.45, 7) is 2.53. The van der Waals surface area contributed by atoms with Gasteiger partial charge >= 0.3 is 5.97 Å². The summed E-state index contributed by atoms with van der Waals surface area (Å²) in [6, 6.07) is 5.96. The molecule has 2 aliphatic heterocycles. The molecule has 1 amide bonds. The van der Waals surface area contributed by atoms with Gasteiger partial charge in [0.25, 0.3) is 0 Å². The van der Waals surface area contributed by atoms with Gasteiger partial charge in [0.1, 0.15) is 5.78 Å². The third-order valence-corrected chi connectivity index (χ3v) is 5.39. The average Bonchev–Trinajstić information content (AvgIpc) is 2.91. The van der Waals surface area contributed by atoms with E-state index in [2.05, 4.69) is 0 Å². The maximum Gasteiger partial charge on any atom is 0.322 e. The molecule has 1 aromatic carbocycles. The number of rotatable bonds is 2. The molecule has 120 valence electrons. The highest BCUT2D eigenvalue weighted by atomic mass is 16.5. The van der Waals surface area contributed by atoms with Crippen molar-refractivity contribution in [1.29, 1.82) is 0 Å². The molecule has 0 saturated heterocycles. The van der Waals surface area contributed by atoms with Crippen molar-refractivity contribution in [3.05, 3.63) is 29.3 Å². The molecule has 0 N–H and O–H groups in total. The van der Waals surface area contributed by atoms with E-state index in [4.69, 9.17) is 4.74 Å². The third kappa shape index (κ3) is 1.76. The van der Waals surface area contributed by atoms with Gasteiger partial charge in [-0.3, -0.25) is 14.4 Å². The van der Waals surface area contributed by atoms with Crippen molar-refractivity contribution >= 4 is 23.3 Å². The minimum atomic E-state index is -1.35. The van der Waals surface area contributed by atoms with E-state index in [9.17, 15) is 14.4 Å². The van der Waals surface area contributed by atoms with Crippen LogP contribution in [0.1, 0.15) is 43.2 Å². The molecule has 0 radical (unpaired) electrons. The van der Waals surface area contributed by atoms with Gasteiger partial charge in [-0.2, -0.15) is 0 Å². The summed E-state index contributed by atoms with van der Waals surface area (Å²) in [6.07, 6.45) is 2.02. The van der Waals surface area contributed by atoms with Crippen LogP contribution in [-0.2, 0) is 25.5 Å². The maximum atomic E-state index is 13.2. The van der Waals surface area contributed by atoms with Crippen LogP contribution in [0.25, 0.3) is 0 Å². The van der Waals surface area contributed by atoms with Crippen LogP contribution in [0.5, 0.6) is 0 Å². The largest absolute Gasteiger partial charge is 0.465 e. The number of Topliss-reactive ketones (excluding diaryl/α,β-unsaturated/α-hetero) is 1. The molecule has 3 aliphatic rings. The number of nitrogens with zero attached hydrogens (tertiary/aromatic N) is 1. The van der Waals surface area contributed by atoms with Gasteiger partial charge in [-0.1, -0.05) is 18.2 Å². The molecule has 0 unspecified atom stereocenters. The average molecular weight is 313 g/mol. The Morgan fingerprint density at radius 3 is 3.00 bits per heavy atom. The fraction of sp³-hybridized carbons (Fsp3) is 0.500. The molecule has 1 aromatic rings. The molecule has 5 nitrogen and oxygen atoms in total. The second-order valence-corrected chi connectivity index (χ2v) is 6.58. The lowest BCUT2D eigenvalue weighted by Crippen LogP contribution is -2.55. The highest BCUT2D eigenvalue weighted by molar-refractivity contribution is 6.17. The van der Waals surface area contributed by atoms with Crippen molar-refractivity contribution in [1.82, 2.24) is 0 Å². The van der Waals surface area contributed by atoms with E-state index in [1.54, 1.807) is 11.8 Å². The molecular weight excluding hydrogens is 294 g/mol. The summed E-state index contributed by atoms with van der Waals surface area (Å²) in [7, 11) is 0. The molecule has 4 rings (SSSR count). The van der Waals surface area contributed by atoms with Crippen LogP contribution in [0.4, 0.5) is 5.69 Å². The first-order valence-electron chi connectivity index (χ1n) is 8.22. The first-order valence-corrected chi connectivity index (χ1v) is 8.22. The number of para-hydroxylation sites is 1. The Kier molecular flexibility index (Phi) is 3.08. The second kappa shape index (κ2) is 4.91. The molecule has 1 aliphatic carbocycles. The minimum absolute atomic E-state index is 0.0322. The van der Waals surface area contributed by atoms with Gasteiger partial charge in [0.15, 0.2) is 5.41 Å². The zero-order valence-corrected chi connectivity index (χ0v) is 13.1. The number of benzene rings is 1. The van der Waals surface area contributed by atoms with E-state index in [-0.39, 0.29) is 37.1 Å². The molecule has 5 heteroatoms. The standard InChI is InChI=1S/C18H19NO4/c1-2-23-17(22)18-10-12(20)9-14(18)13-7-3-5-11-6-4-8-19(15(11)13)16(18)21/h3,5,7,14H,2,4,6,8-10H2,1H3/t14-,18+/m1/s1. The van der Waals surface area contributed by atoms with Crippen molar-refractivity contribution in [2.75, 3.05) is 18.1 Å². The number of anilines is 1.